The highest BCUT2D eigenvalue weighted by molar-refractivity contribution is 7.99. The molecule has 1 aliphatic rings. The van der Waals surface area contributed by atoms with E-state index in [1.54, 1.807) is 0 Å². The van der Waals surface area contributed by atoms with Crippen LogP contribution in [0.1, 0.15) is 24.4 Å². The van der Waals surface area contributed by atoms with Gasteiger partial charge in [0, 0.05) is 0 Å². The molecule has 1 saturated heterocycles. The van der Waals surface area contributed by atoms with Gasteiger partial charge in [-0.2, -0.15) is 11.8 Å². The van der Waals surface area contributed by atoms with Crippen LogP contribution in [-0.2, 0) is 0 Å². The van der Waals surface area contributed by atoms with Crippen molar-refractivity contribution in [1.29, 1.82) is 0 Å². The van der Waals surface area contributed by atoms with E-state index in [9.17, 15) is 0 Å². The second kappa shape index (κ2) is 6.28. The molecule has 0 aromatic heterocycles. The first kappa shape index (κ1) is 12.7. The number of thioether (sulfide) groups is 1. The van der Waals surface area contributed by atoms with Crippen LogP contribution < -0.4 is 10.5 Å². The number of rotatable bonds is 4. The van der Waals surface area contributed by atoms with Crippen molar-refractivity contribution < 1.29 is 9.84 Å². The lowest BCUT2D eigenvalue weighted by molar-refractivity contribution is 0.192. The molecular weight excluding hydrogens is 234 g/mol. The van der Waals surface area contributed by atoms with Crippen LogP contribution in [0.3, 0.4) is 0 Å². The first-order valence-corrected chi connectivity index (χ1v) is 7.16. The lowest BCUT2D eigenvalue weighted by atomic mass is 10.1. The summed E-state index contributed by atoms with van der Waals surface area (Å²) in [6.45, 7) is -0.0277. The Morgan fingerprint density at radius 1 is 1.29 bits per heavy atom. The molecule has 0 spiro atoms. The molecule has 3 nitrogen and oxygen atoms in total. The molecule has 1 heterocycles. The molecule has 1 aromatic rings. The molecule has 1 atom stereocenters. The Balaban J connectivity index is 1.93. The third kappa shape index (κ3) is 3.63. The van der Waals surface area contributed by atoms with E-state index >= 15 is 0 Å². The number of ether oxygens (including phenoxy) is 1. The third-order valence-electron chi connectivity index (χ3n) is 2.98. The highest BCUT2D eigenvalue weighted by Crippen LogP contribution is 2.23. The summed E-state index contributed by atoms with van der Waals surface area (Å²) in [7, 11) is 0. The van der Waals surface area contributed by atoms with E-state index < -0.39 is 0 Å². The van der Waals surface area contributed by atoms with Gasteiger partial charge in [0.05, 0.1) is 12.6 Å². The van der Waals surface area contributed by atoms with Gasteiger partial charge in [0.2, 0.25) is 0 Å². The van der Waals surface area contributed by atoms with Gasteiger partial charge in [0.15, 0.2) is 0 Å². The smallest absolute Gasteiger partial charge is 0.119 e. The van der Waals surface area contributed by atoms with Crippen LogP contribution in [0.2, 0.25) is 0 Å². The SMILES string of the molecule is NC(CO)c1ccc(OC2CCSCC2)cc1. The maximum absolute atomic E-state index is 8.96. The Morgan fingerprint density at radius 2 is 1.94 bits per heavy atom. The summed E-state index contributed by atoms with van der Waals surface area (Å²) < 4.78 is 5.91. The summed E-state index contributed by atoms with van der Waals surface area (Å²) in [6.07, 6.45) is 2.61. The van der Waals surface area contributed by atoms with Crippen molar-refractivity contribution in [3.63, 3.8) is 0 Å². The molecule has 3 N–H and O–H groups in total. The number of hydrogen-bond acceptors (Lipinski definition) is 4. The van der Waals surface area contributed by atoms with Gasteiger partial charge in [0.1, 0.15) is 11.9 Å². The highest BCUT2D eigenvalue weighted by Gasteiger charge is 2.15. The lowest BCUT2D eigenvalue weighted by Crippen LogP contribution is -2.22. The maximum Gasteiger partial charge on any atom is 0.119 e. The zero-order valence-corrected chi connectivity index (χ0v) is 10.7. The molecule has 94 valence electrons. The molecule has 1 unspecified atom stereocenters. The van der Waals surface area contributed by atoms with Crippen LogP contribution in [0.5, 0.6) is 5.75 Å². The third-order valence-corrected chi connectivity index (χ3v) is 4.02. The molecular formula is C13H19NO2S. The van der Waals surface area contributed by atoms with Gasteiger partial charge in [0.25, 0.3) is 0 Å². The summed E-state index contributed by atoms with van der Waals surface area (Å²) in [5.41, 5.74) is 6.68. The van der Waals surface area contributed by atoms with E-state index in [4.69, 9.17) is 15.6 Å². The molecule has 1 aliphatic heterocycles. The van der Waals surface area contributed by atoms with E-state index in [0.29, 0.717) is 6.10 Å². The largest absolute Gasteiger partial charge is 0.490 e. The molecule has 0 bridgehead atoms. The van der Waals surface area contributed by atoms with Gasteiger partial charge in [-0.1, -0.05) is 12.1 Å². The fourth-order valence-electron chi connectivity index (χ4n) is 1.89. The Morgan fingerprint density at radius 3 is 2.53 bits per heavy atom. The predicted octanol–water partition coefficient (Wildman–Crippen LogP) is 1.95. The number of aliphatic hydroxyl groups excluding tert-OH is 1. The highest BCUT2D eigenvalue weighted by atomic mass is 32.2. The van der Waals surface area contributed by atoms with Crippen molar-refractivity contribution in [2.45, 2.75) is 25.0 Å². The maximum atomic E-state index is 8.96. The Hall–Kier alpha value is -0.710. The lowest BCUT2D eigenvalue weighted by Gasteiger charge is -2.23. The zero-order valence-electron chi connectivity index (χ0n) is 9.84. The van der Waals surface area contributed by atoms with Gasteiger partial charge >= 0.3 is 0 Å². The monoisotopic (exact) mass is 253 g/mol. The minimum atomic E-state index is -0.296. The summed E-state index contributed by atoms with van der Waals surface area (Å²) >= 11 is 1.99. The summed E-state index contributed by atoms with van der Waals surface area (Å²) in [4.78, 5) is 0. The molecule has 0 saturated carbocycles. The van der Waals surface area contributed by atoms with E-state index in [1.165, 1.54) is 11.5 Å². The molecule has 0 radical (unpaired) electrons. The minimum absolute atomic E-state index is 0.0277. The van der Waals surface area contributed by atoms with Crippen molar-refractivity contribution in [3.8, 4) is 5.75 Å². The summed E-state index contributed by atoms with van der Waals surface area (Å²) in [5, 5.41) is 8.96. The fourth-order valence-corrected chi connectivity index (χ4v) is 2.95. The molecule has 1 aromatic carbocycles. The topological polar surface area (TPSA) is 55.5 Å². The van der Waals surface area contributed by atoms with Crippen LogP contribution in [0.4, 0.5) is 0 Å². The van der Waals surface area contributed by atoms with Gasteiger partial charge in [-0.25, -0.2) is 0 Å². The normalized spacial score (nSPS) is 18.9. The standard InChI is InChI=1S/C13H19NO2S/c14-13(9-15)10-1-3-11(4-2-10)16-12-5-7-17-8-6-12/h1-4,12-13,15H,5-9,14H2. The van der Waals surface area contributed by atoms with Crippen molar-refractivity contribution in [2.75, 3.05) is 18.1 Å². The van der Waals surface area contributed by atoms with Gasteiger partial charge in [-0.05, 0) is 42.0 Å². The first-order chi connectivity index (χ1) is 8.29. The number of hydrogen-bond donors (Lipinski definition) is 2. The fraction of sp³-hybridized carbons (Fsp3) is 0.538. The summed E-state index contributed by atoms with van der Waals surface area (Å²) in [6, 6.07) is 7.43. The van der Waals surface area contributed by atoms with Crippen molar-refractivity contribution >= 4 is 11.8 Å². The van der Waals surface area contributed by atoms with E-state index in [0.717, 1.165) is 24.2 Å². The first-order valence-electron chi connectivity index (χ1n) is 6.00. The second-order valence-corrected chi connectivity index (χ2v) is 5.51. The second-order valence-electron chi connectivity index (χ2n) is 4.29. The van der Waals surface area contributed by atoms with Crippen LogP contribution in [0.15, 0.2) is 24.3 Å². The number of benzene rings is 1. The average molecular weight is 253 g/mol. The molecule has 17 heavy (non-hydrogen) atoms. The van der Waals surface area contributed by atoms with Gasteiger partial charge < -0.3 is 15.6 Å². The van der Waals surface area contributed by atoms with E-state index in [-0.39, 0.29) is 12.6 Å². The molecule has 0 aliphatic carbocycles. The van der Waals surface area contributed by atoms with Crippen LogP contribution >= 0.6 is 11.8 Å². The zero-order chi connectivity index (χ0) is 12.1. The molecule has 1 fully saturated rings. The van der Waals surface area contributed by atoms with Crippen LogP contribution in [0, 0.1) is 0 Å². The minimum Gasteiger partial charge on any atom is -0.490 e. The Bertz CT molecular complexity index is 336. The van der Waals surface area contributed by atoms with Crippen LogP contribution in [-0.4, -0.2) is 29.3 Å². The van der Waals surface area contributed by atoms with Gasteiger partial charge in [-0.3, -0.25) is 0 Å². The molecule has 2 rings (SSSR count). The molecule has 0 amide bonds. The number of aliphatic hydroxyl groups is 1. The Labute approximate surface area is 106 Å². The Kier molecular flexibility index (Phi) is 4.71. The van der Waals surface area contributed by atoms with Crippen molar-refractivity contribution in [2.24, 2.45) is 5.73 Å². The average Bonchev–Trinajstić information content (AvgIpc) is 2.40. The van der Waals surface area contributed by atoms with Gasteiger partial charge in [-0.15, -0.1) is 0 Å². The predicted molar refractivity (Wildman–Crippen MR) is 71.4 cm³/mol. The quantitative estimate of drug-likeness (QED) is 0.861. The number of nitrogens with two attached hydrogens (primary N) is 1. The van der Waals surface area contributed by atoms with Crippen molar-refractivity contribution in [1.82, 2.24) is 0 Å². The van der Waals surface area contributed by atoms with E-state index in [2.05, 4.69) is 0 Å². The van der Waals surface area contributed by atoms with Crippen molar-refractivity contribution in [3.05, 3.63) is 29.8 Å². The van der Waals surface area contributed by atoms with E-state index in [1.807, 2.05) is 36.0 Å². The van der Waals surface area contributed by atoms with Crippen LogP contribution in [0.25, 0.3) is 0 Å². The molecule has 4 heteroatoms. The summed E-state index contributed by atoms with van der Waals surface area (Å²) in [5.74, 6) is 3.28.